The summed E-state index contributed by atoms with van der Waals surface area (Å²) < 4.78 is 26.0. The van der Waals surface area contributed by atoms with Gasteiger partial charge in [0.25, 0.3) is 5.91 Å². The summed E-state index contributed by atoms with van der Waals surface area (Å²) in [5.74, 6) is -2.88. The molecule has 22 heavy (non-hydrogen) atoms. The molecule has 1 aromatic rings. The fourth-order valence-electron chi connectivity index (χ4n) is 2.18. The number of benzene rings is 1. The summed E-state index contributed by atoms with van der Waals surface area (Å²) >= 11 is 0. The van der Waals surface area contributed by atoms with Crippen molar-refractivity contribution in [2.45, 2.75) is 25.8 Å². The molecule has 0 aromatic heterocycles. The molecule has 0 radical (unpaired) electrons. The summed E-state index contributed by atoms with van der Waals surface area (Å²) in [5.41, 5.74) is -0.0836. The van der Waals surface area contributed by atoms with Gasteiger partial charge >= 0.3 is 6.03 Å². The molecule has 1 fully saturated rings. The van der Waals surface area contributed by atoms with Crippen molar-refractivity contribution in [3.63, 3.8) is 0 Å². The average molecular weight is 311 g/mol. The molecule has 2 rings (SSSR count). The molecule has 8 heteroatoms. The maximum atomic E-state index is 13.0. The lowest BCUT2D eigenvalue weighted by Gasteiger charge is -2.13. The molecule has 1 aromatic carbocycles. The molecule has 0 aliphatic carbocycles. The minimum absolute atomic E-state index is 0.0836. The monoisotopic (exact) mass is 311 g/mol. The molecular weight excluding hydrogens is 296 g/mol. The normalized spacial score (nSPS) is 17.6. The van der Waals surface area contributed by atoms with Crippen molar-refractivity contribution in [3.05, 3.63) is 29.8 Å². The third-order valence-corrected chi connectivity index (χ3v) is 3.13. The summed E-state index contributed by atoms with van der Waals surface area (Å²) in [7, 11) is 0. The SMILES string of the molecule is CCCC1NC(=O)N(CC(=O)Nc2cc(F)cc(F)c2)C1=O. The van der Waals surface area contributed by atoms with Gasteiger partial charge in [-0.25, -0.2) is 13.6 Å². The highest BCUT2D eigenvalue weighted by molar-refractivity contribution is 6.07. The van der Waals surface area contributed by atoms with Gasteiger partial charge in [0.1, 0.15) is 24.2 Å². The van der Waals surface area contributed by atoms with Crippen LogP contribution in [0.2, 0.25) is 0 Å². The van der Waals surface area contributed by atoms with Gasteiger partial charge < -0.3 is 10.6 Å². The maximum Gasteiger partial charge on any atom is 0.325 e. The van der Waals surface area contributed by atoms with E-state index in [1.54, 1.807) is 0 Å². The zero-order valence-electron chi connectivity index (χ0n) is 11.9. The average Bonchev–Trinajstić information content (AvgIpc) is 2.66. The van der Waals surface area contributed by atoms with Crippen LogP contribution < -0.4 is 10.6 Å². The van der Waals surface area contributed by atoms with Gasteiger partial charge in [-0.1, -0.05) is 13.3 Å². The zero-order valence-corrected chi connectivity index (χ0v) is 11.9. The standard InChI is InChI=1S/C14H15F2N3O3/c1-2-3-11-13(21)19(14(22)18-11)7-12(20)17-10-5-8(15)4-9(16)6-10/h4-6,11H,2-3,7H2,1H3,(H,17,20)(H,18,22). The molecule has 1 aliphatic heterocycles. The summed E-state index contributed by atoms with van der Waals surface area (Å²) in [4.78, 5) is 36.2. The molecule has 0 saturated carbocycles. The Bertz CT molecular complexity index is 601. The van der Waals surface area contributed by atoms with Crippen molar-refractivity contribution < 1.29 is 23.2 Å². The number of imide groups is 1. The fraction of sp³-hybridized carbons (Fsp3) is 0.357. The van der Waals surface area contributed by atoms with E-state index < -0.39 is 42.1 Å². The van der Waals surface area contributed by atoms with Crippen LogP contribution in [0.15, 0.2) is 18.2 Å². The van der Waals surface area contributed by atoms with Crippen molar-refractivity contribution in [3.8, 4) is 0 Å². The van der Waals surface area contributed by atoms with Crippen LogP contribution in [0.3, 0.4) is 0 Å². The third kappa shape index (κ3) is 3.57. The Balaban J connectivity index is 2.00. The van der Waals surface area contributed by atoms with Crippen LogP contribution in [0, 0.1) is 11.6 Å². The van der Waals surface area contributed by atoms with Crippen LogP contribution in [0.5, 0.6) is 0 Å². The molecule has 6 nitrogen and oxygen atoms in total. The molecule has 4 amide bonds. The van der Waals surface area contributed by atoms with Crippen LogP contribution in [0.25, 0.3) is 0 Å². The number of urea groups is 1. The Morgan fingerprint density at radius 1 is 1.27 bits per heavy atom. The van der Waals surface area contributed by atoms with E-state index in [0.717, 1.165) is 17.0 Å². The highest BCUT2D eigenvalue weighted by Crippen LogP contribution is 2.14. The second kappa shape index (κ2) is 6.50. The first kappa shape index (κ1) is 15.9. The van der Waals surface area contributed by atoms with E-state index in [1.807, 2.05) is 6.92 Å². The van der Waals surface area contributed by atoms with Gasteiger partial charge in [0, 0.05) is 11.8 Å². The molecule has 1 saturated heterocycles. The van der Waals surface area contributed by atoms with E-state index >= 15 is 0 Å². The summed E-state index contributed by atoms with van der Waals surface area (Å²) in [6, 6.07) is 1.27. The Labute approximate surface area is 125 Å². The lowest BCUT2D eigenvalue weighted by atomic mass is 10.2. The predicted octanol–water partition coefficient (Wildman–Crippen LogP) is 1.62. The van der Waals surface area contributed by atoms with Crippen LogP contribution in [-0.4, -0.2) is 35.3 Å². The van der Waals surface area contributed by atoms with Gasteiger partial charge in [-0.15, -0.1) is 0 Å². The number of nitrogens with zero attached hydrogens (tertiary/aromatic N) is 1. The second-order valence-electron chi connectivity index (χ2n) is 4.92. The quantitative estimate of drug-likeness (QED) is 0.811. The van der Waals surface area contributed by atoms with E-state index in [9.17, 15) is 23.2 Å². The Morgan fingerprint density at radius 2 is 1.91 bits per heavy atom. The number of amides is 4. The smallest absolute Gasteiger partial charge is 0.325 e. The molecule has 1 heterocycles. The van der Waals surface area contributed by atoms with Gasteiger partial charge in [0.05, 0.1) is 0 Å². The molecule has 2 N–H and O–H groups in total. The third-order valence-electron chi connectivity index (χ3n) is 3.13. The number of carbonyl (C=O) groups is 3. The van der Waals surface area contributed by atoms with Crippen molar-refractivity contribution in [1.82, 2.24) is 10.2 Å². The zero-order chi connectivity index (χ0) is 16.3. The predicted molar refractivity (Wildman–Crippen MR) is 73.9 cm³/mol. The highest BCUT2D eigenvalue weighted by Gasteiger charge is 2.38. The first-order valence-electron chi connectivity index (χ1n) is 6.78. The van der Waals surface area contributed by atoms with Crippen LogP contribution in [-0.2, 0) is 9.59 Å². The fourth-order valence-corrected chi connectivity index (χ4v) is 2.18. The van der Waals surface area contributed by atoms with Crippen molar-refractivity contribution in [1.29, 1.82) is 0 Å². The van der Waals surface area contributed by atoms with E-state index in [1.165, 1.54) is 0 Å². The van der Waals surface area contributed by atoms with Crippen LogP contribution in [0.4, 0.5) is 19.3 Å². The number of nitrogens with one attached hydrogen (secondary N) is 2. The number of carbonyl (C=O) groups excluding carboxylic acids is 3. The summed E-state index contributed by atoms with van der Waals surface area (Å²) in [6.07, 6.45) is 1.19. The topological polar surface area (TPSA) is 78.5 Å². The molecule has 118 valence electrons. The van der Waals surface area contributed by atoms with Crippen LogP contribution >= 0.6 is 0 Å². The number of hydrogen-bond donors (Lipinski definition) is 2. The Kier molecular flexibility index (Phi) is 4.69. The minimum atomic E-state index is -0.840. The van der Waals surface area contributed by atoms with Crippen molar-refractivity contribution in [2.75, 3.05) is 11.9 Å². The number of anilines is 1. The van der Waals surface area contributed by atoms with Gasteiger partial charge in [0.15, 0.2) is 0 Å². The molecular formula is C14H15F2N3O3. The van der Waals surface area contributed by atoms with Crippen LogP contribution in [0.1, 0.15) is 19.8 Å². The summed E-state index contributed by atoms with van der Waals surface area (Å²) in [6.45, 7) is 1.36. The van der Waals surface area contributed by atoms with E-state index in [4.69, 9.17) is 0 Å². The van der Waals surface area contributed by atoms with Gasteiger partial charge in [-0.3, -0.25) is 14.5 Å². The minimum Gasteiger partial charge on any atom is -0.326 e. The van der Waals surface area contributed by atoms with E-state index in [-0.39, 0.29) is 5.69 Å². The van der Waals surface area contributed by atoms with E-state index in [0.29, 0.717) is 18.9 Å². The lowest BCUT2D eigenvalue weighted by Crippen LogP contribution is -2.38. The molecule has 0 spiro atoms. The van der Waals surface area contributed by atoms with Gasteiger partial charge in [-0.2, -0.15) is 0 Å². The number of halogens is 2. The van der Waals surface area contributed by atoms with Gasteiger partial charge in [-0.05, 0) is 18.6 Å². The van der Waals surface area contributed by atoms with Crippen molar-refractivity contribution >= 4 is 23.5 Å². The van der Waals surface area contributed by atoms with E-state index in [2.05, 4.69) is 10.6 Å². The Morgan fingerprint density at radius 3 is 2.50 bits per heavy atom. The lowest BCUT2D eigenvalue weighted by molar-refractivity contribution is -0.130. The molecule has 1 aliphatic rings. The molecule has 1 unspecified atom stereocenters. The second-order valence-corrected chi connectivity index (χ2v) is 4.92. The number of rotatable bonds is 5. The van der Waals surface area contributed by atoms with Crippen molar-refractivity contribution in [2.24, 2.45) is 0 Å². The first-order valence-corrected chi connectivity index (χ1v) is 6.78. The van der Waals surface area contributed by atoms with Gasteiger partial charge in [0.2, 0.25) is 5.91 Å². The molecule has 0 bridgehead atoms. The molecule has 1 atom stereocenters. The largest absolute Gasteiger partial charge is 0.326 e. The maximum absolute atomic E-state index is 13.0. The Hall–Kier alpha value is -2.51. The summed E-state index contributed by atoms with van der Waals surface area (Å²) in [5, 5.41) is 4.73. The first-order chi connectivity index (χ1) is 10.4. The number of hydrogen-bond acceptors (Lipinski definition) is 3. The highest BCUT2D eigenvalue weighted by atomic mass is 19.1.